The van der Waals surface area contributed by atoms with Crippen LogP contribution in [-0.4, -0.2) is 36.3 Å². The minimum atomic E-state index is -4.67. The van der Waals surface area contributed by atoms with Crippen LogP contribution >= 0.6 is 11.6 Å². The number of hydrogen-bond acceptors (Lipinski definition) is 4. The summed E-state index contributed by atoms with van der Waals surface area (Å²) < 4.78 is 66.3. The average molecular weight is 478 g/mol. The van der Waals surface area contributed by atoms with Gasteiger partial charge in [-0.3, -0.25) is 9.59 Å². The van der Waals surface area contributed by atoms with Gasteiger partial charge in [0.25, 0.3) is 5.56 Å². The molecule has 1 saturated heterocycles. The maximum absolute atomic E-state index is 12.9. The van der Waals surface area contributed by atoms with E-state index in [0.717, 1.165) is 25.3 Å². The molecule has 0 spiro atoms. The van der Waals surface area contributed by atoms with Crippen LogP contribution in [-0.2, 0) is 27.5 Å². The van der Waals surface area contributed by atoms with E-state index in [1.807, 2.05) is 0 Å². The van der Waals surface area contributed by atoms with Crippen LogP contribution in [0.3, 0.4) is 0 Å². The fourth-order valence-corrected chi connectivity index (χ4v) is 5.22. The second-order valence-electron chi connectivity index (χ2n) is 7.04. The van der Waals surface area contributed by atoms with Gasteiger partial charge in [0.1, 0.15) is 11.4 Å². The number of carbonyl (C=O) groups is 1. The number of piperidine rings is 1. The lowest BCUT2D eigenvalue weighted by molar-refractivity contribution is -0.138. The van der Waals surface area contributed by atoms with Crippen LogP contribution < -0.4 is 10.9 Å². The van der Waals surface area contributed by atoms with Crippen molar-refractivity contribution < 1.29 is 26.4 Å². The first-order valence-corrected chi connectivity index (χ1v) is 11.2. The second kappa shape index (κ2) is 9.01. The van der Waals surface area contributed by atoms with E-state index >= 15 is 0 Å². The summed E-state index contributed by atoms with van der Waals surface area (Å²) >= 11 is 6.08. The fraction of sp³-hybridized carbons (Fsp3) is 0.368. The normalized spacial score (nSPS) is 15.6. The molecule has 12 heteroatoms. The SMILES string of the molecule is O=C(Cn1cc(C(F)(F)F)ccc1=O)Nc1ccc(Cl)c(S(=O)(=O)N2CCCCC2)c1. The van der Waals surface area contributed by atoms with Crippen LogP contribution in [0.2, 0.25) is 5.02 Å². The molecule has 0 bridgehead atoms. The van der Waals surface area contributed by atoms with E-state index in [1.165, 1.54) is 22.5 Å². The highest BCUT2D eigenvalue weighted by Gasteiger charge is 2.31. The Labute approximate surface area is 181 Å². The highest BCUT2D eigenvalue weighted by atomic mass is 35.5. The van der Waals surface area contributed by atoms with Crippen molar-refractivity contribution in [3.05, 3.63) is 57.5 Å². The zero-order valence-electron chi connectivity index (χ0n) is 16.2. The van der Waals surface area contributed by atoms with Gasteiger partial charge in [-0.05, 0) is 37.1 Å². The Morgan fingerprint density at radius 2 is 1.77 bits per heavy atom. The second-order valence-corrected chi connectivity index (χ2v) is 9.35. The summed E-state index contributed by atoms with van der Waals surface area (Å²) in [5, 5.41) is 2.38. The third-order valence-corrected chi connectivity index (χ3v) is 7.15. The lowest BCUT2D eigenvalue weighted by atomic mass is 10.2. The monoisotopic (exact) mass is 477 g/mol. The van der Waals surface area contributed by atoms with Crippen LogP contribution in [0.15, 0.2) is 46.2 Å². The molecule has 1 fully saturated rings. The van der Waals surface area contributed by atoms with Crippen LogP contribution in [0.5, 0.6) is 0 Å². The summed E-state index contributed by atoms with van der Waals surface area (Å²) in [6, 6.07) is 5.23. The van der Waals surface area contributed by atoms with Gasteiger partial charge >= 0.3 is 6.18 Å². The molecule has 1 N–H and O–H groups in total. The molecule has 31 heavy (non-hydrogen) atoms. The molecular formula is C19H19ClF3N3O4S. The number of sulfonamides is 1. The zero-order chi connectivity index (χ0) is 22.8. The first-order chi connectivity index (χ1) is 14.5. The van der Waals surface area contributed by atoms with E-state index in [4.69, 9.17) is 11.6 Å². The number of halogens is 4. The molecule has 168 valence electrons. The van der Waals surface area contributed by atoms with Crippen molar-refractivity contribution in [3.8, 4) is 0 Å². The number of nitrogens with zero attached hydrogens (tertiary/aromatic N) is 2. The molecule has 0 saturated carbocycles. The fourth-order valence-electron chi connectivity index (χ4n) is 3.20. The summed E-state index contributed by atoms with van der Waals surface area (Å²) in [6.45, 7) is 0.0566. The predicted octanol–water partition coefficient (Wildman–Crippen LogP) is 3.33. The number of aromatic nitrogens is 1. The number of carbonyl (C=O) groups excluding carboxylic acids is 1. The molecule has 3 rings (SSSR count). The Morgan fingerprint density at radius 1 is 1.10 bits per heavy atom. The van der Waals surface area contributed by atoms with Crippen LogP contribution in [0.4, 0.5) is 18.9 Å². The summed E-state index contributed by atoms with van der Waals surface area (Å²) in [6.07, 6.45) is -1.71. The Morgan fingerprint density at radius 3 is 2.42 bits per heavy atom. The average Bonchev–Trinajstić information content (AvgIpc) is 2.70. The van der Waals surface area contributed by atoms with Gasteiger partial charge in [-0.2, -0.15) is 17.5 Å². The van der Waals surface area contributed by atoms with Gasteiger partial charge in [0, 0.05) is 31.0 Å². The first kappa shape index (κ1) is 23.3. The highest BCUT2D eigenvalue weighted by molar-refractivity contribution is 7.89. The number of rotatable bonds is 5. The quantitative estimate of drug-likeness (QED) is 0.715. The summed E-state index contributed by atoms with van der Waals surface area (Å²) in [5.74, 6) is -0.801. The minimum absolute atomic E-state index is 0.0160. The topological polar surface area (TPSA) is 88.5 Å². The van der Waals surface area contributed by atoms with Gasteiger partial charge in [0.05, 0.1) is 10.6 Å². The lowest BCUT2D eigenvalue weighted by Crippen LogP contribution is -2.35. The Balaban J connectivity index is 1.80. The summed E-state index contributed by atoms with van der Waals surface area (Å²) in [5.41, 5.74) is -1.76. The third-order valence-electron chi connectivity index (χ3n) is 4.77. The molecule has 1 aliphatic rings. The highest BCUT2D eigenvalue weighted by Crippen LogP contribution is 2.30. The van der Waals surface area contributed by atoms with Crippen LogP contribution in [0, 0.1) is 0 Å². The molecule has 0 unspecified atom stereocenters. The zero-order valence-corrected chi connectivity index (χ0v) is 17.7. The Bertz CT molecular complexity index is 1140. The van der Waals surface area contributed by atoms with Gasteiger partial charge in [0.15, 0.2) is 0 Å². The van der Waals surface area contributed by atoms with Crippen molar-refractivity contribution in [2.45, 2.75) is 36.9 Å². The van der Waals surface area contributed by atoms with Crippen molar-refractivity contribution in [1.82, 2.24) is 8.87 Å². The van der Waals surface area contributed by atoms with E-state index in [-0.39, 0.29) is 15.6 Å². The van der Waals surface area contributed by atoms with Gasteiger partial charge in [0.2, 0.25) is 15.9 Å². The van der Waals surface area contributed by atoms with E-state index < -0.39 is 39.8 Å². The van der Waals surface area contributed by atoms with Crippen molar-refractivity contribution in [1.29, 1.82) is 0 Å². The molecule has 7 nitrogen and oxygen atoms in total. The number of pyridine rings is 1. The summed E-state index contributed by atoms with van der Waals surface area (Å²) in [7, 11) is -3.87. The lowest BCUT2D eigenvalue weighted by Gasteiger charge is -2.26. The molecule has 1 aromatic carbocycles. The van der Waals surface area contributed by atoms with Gasteiger partial charge < -0.3 is 9.88 Å². The minimum Gasteiger partial charge on any atom is -0.324 e. The molecular weight excluding hydrogens is 459 g/mol. The molecule has 1 aliphatic heterocycles. The van der Waals surface area contributed by atoms with E-state index in [1.54, 1.807) is 0 Å². The van der Waals surface area contributed by atoms with Crippen molar-refractivity contribution in [3.63, 3.8) is 0 Å². The maximum atomic E-state index is 12.9. The van der Waals surface area contributed by atoms with E-state index in [2.05, 4.69) is 5.32 Å². The number of benzene rings is 1. The largest absolute Gasteiger partial charge is 0.417 e. The number of alkyl halides is 3. The molecule has 2 aromatic rings. The maximum Gasteiger partial charge on any atom is 0.417 e. The van der Waals surface area contributed by atoms with Crippen molar-refractivity contribution in [2.75, 3.05) is 18.4 Å². The number of hydrogen-bond donors (Lipinski definition) is 1. The van der Waals surface area contributed by atoms with Gasteiger partial charge in [-0.15, -0.1) is 0 Å². The van der Waals surface area contributed by atoms with Gasteiger partial charge in [-0.25, -0.2) is 8.42 Å². The molecule has 2 heterocycles. The first-order valence-electron chi connectivity index (χ1n) is 9.36. The molecule has 0 atom stereocenters. The third kappa shape index (κ3) is 5.46. The molecule has 0 radical (unpaired) electrons. The van der Waals surface area contributed by atoms with Gasteiger partial charge in [-0.1, -0.05) is 18.0 Å². The smallest absolute Gasteiger partial charge is 0.324 e. The van der Waals surface area contributed by atoms with Crippen LogP contribution in [0.1, 0.15) is 24.8 Å². The van der Waals surface area contributed by atoms with E-state index in [0.29, 0.717) is 29.9 Å². The Hall–Kier alpha value is -2.37. The standard InChI is InChI=1S/C19H19ClF3N3O4S/c20-15-6-5-14(10-16(15)31(29,30)26-8-2-1-3-9-26)24-17(27)12-25-11-13(19(21,22)23)4-7-18(25)28/h4-7,10-11H,1-3,8-9,12H2,(H,24,27). The molecule has 1 amide bonds. The number of anilines is 1. The van der Waals surface area contributed by atoms with E-state index in [9.17, 15) is 31.2 Å². The molecule has 0 aliphatic carbocycles. The Kier molecular flexibility index (Phi) is 6.77. The summed E-state index contributed by atoms with van der Waals surface area (Å²) in [4.78, 5) is 23.9. The van der Waals surface area contributed by atoms with Crippen LogP contribution in [0.25, 0.3) is 0 Å². The number of nitrogens with one attached hydrogen (secondary N) is 1. The van der Waals surface area contributed by atoms with Crippen molar-refractivity contribution >= 4 is 33.2 Å². The van der Waals surface area contributed by atoms with Crippen molar-refractivity contribution in [2.24, 2.45) is 0 Å². The number of amides is 1. The predicted molar refractivity (Wildman–Crippen MR) is 108 cm³/mol. The molecule has 1 aromatic heterocycles.